The van der Waals surface area contributed by atoms with Gasteiger partial charge in [0.2, 0.25) is 15.9 Å². The first-order chi connectivity index (χ1) is 14.4. The van der Waals surface area contributed by atoms with Gasteiger partial charge in [0.15, 0.2) is 0 Å². The molecule has 7 nitrogen and oxygen atoms in total. The van der Waals surface area contributed by atoms with Crippen molar-refractivity contribution >= 4 is 32.3 Å². The molecule has 0 radical (unpaired) electrons. The van der Waals surface area contributed by atoms with Gasteiger partial charge in [0, 0.05) is 23.9 Å². The molecule has 0 bridgehead atoms. The van der Waals surface area contributed by atoms with Gasteiger partial charge in [0.1, 0.15) is 16.8 Å². The molecule has 0 atom stereocenters. The van der Waals surface area contributed by atoms with Crippen LogP contribution in [0.2, 0.25) is 0 Å². The minimum absolute atomic E-state index is 0.158. The minimum Gasteiger partial charge on any atom is -0.494 e. The van der Waals surface area contributed by atoms with Crippen molar-refractivity contribution in [3.63, 3.8) is 0 Å². The molecule has 0 unspecified atom stereocenters. The monoisotopic (exact) mass is 447 g/mol. The number of thiophene rings is 1. The number of anilines is 1. The highest BCUT2D eigenvalue weighted by molar-refractivity contribution is 7.89. The fourth-order valence-corrected chi connectivity index (χ4v) is 5.81. The molecule has 1 N–H and O–H groups in total. The van der Waals surface area contributed by atoms with Crippen LogP contribution in [0.3, 0.4) is 0 Å². The van der Waals surface area contributed by atoms with E-state index in [1.165, 1.54) is 15.6 Å². The maximum atomic E-state index is 12.9. The second-order valence-corrected chi connectivity index (χ2v) is 10.1. The zero-order valence-electron chi connectivity index (χ0n) is 17.1. The third-order valence-electron chi connectivity index (χ3n) is 5.09. The van der Waals surface area contributed by atoms with E-state index in [0.717, 1.165) is 11.3 Å². The van der Waals surface area contributed by atoms with E-state index in [-0.39, 0.29) is 29.8 Å². The SMILES string of the molecule is CCOc1ccc(S(=O)(=O)N2CCC(C(=O)Nc3sc(CC)cc3C#N)CC2)cc1. The molecule has 30 heavy (non-hydrogen) atoms. The Bertz CT molecular complexity index is 1030. The first-order valence-electron chi connectivity index (χ1n) is 9.95. The van der Waals surface area contributed by atoms with Crippen LogP contribution in [0.1, 0.15) is 37.1 Å². The molecule has 9 heteroatoms. The Hall–Kier alpha value is -2.41. The van der Waals surface area contributed by atoms with Gasteiger partial charge in [-0.05, 0) is 56.5 Å². The van der Waals surface area contributed by atoms with Crippen LogP contribution >= 0.6 is 11.3 Å². The summed E-state index contributed by atoms with van der Waals surface area (Å²) in [7, 11) is -3.61. The smallest absolute Gasteiger partial charge is 0.243 e. The molecule has 1 saturated heterocycles. The number of benzene rings is 1. The fraction of sp³-hybridized carbons (Fsp3) is 0.429. The fourth-order valence-electron chi connectivity index (χ4n) is 3.39. The average molecular weight is 448 g/mol. The number of hydrogen-bond acceptors (Lipinski definition) is 6. The third kappa shape index (κ3) is 4.83. The van der Waals surface area contributed by atoms with Gasteiger partial charge in [-0.25, -0.2) is 8.42 Å². The number of piperidine rings is 1. The highest BCUT2D eigenvalue weighted by atomic mass is 32.2. The van der Waals surface area contributed by atoms with Crippen LogP contribution in [0.4, 0.5) is 5.00 Å². The molecule has 0 spiro atoms. The highest BCUT2D eigenvalue weighted by Gasteiger charge is 2.32. The summed E-state index contributed by atoms with van der Waals surface area (Å²) >= 11 is 1.41. The van der Waals surface area contributed by atoms with Crippen molar-refractivity contribution in [2.75, 3.05) is 25.0 Å². The van der Waals surface area contributed by atoms with Crippen LogP contribution in [0, 0.1) is 17.2 Å². The van der Waals surface area contributed by atoms with Crippen molar-refractivity contribution in [3.8, 4) is 11.8 Å². The Morgan fingerprint density at radius 2 is 1.93 bits per heavy atom. The molecule has 160 valence electrons. The topological polar surface area (TPSA) is 99.5 Å². The quantitative estimate of drug-likeness (QED) is 0.699. The Kier molecular flexibility index (Phi) is 7.13. The Balaban J connectivity index is 1.62. The van der Waals surface area contributed by atoms with E-state index in [1.807, 2.05) is 13.8 Å². The standard InChI is InChI=1S/C21H25N3O4S2/c1-3-18-13-16(14-22)21(29-18)23-20(25)15-9-11-24(12-10-15)30(26,27)19-7-5-17(6-8-19)28-4-2/h5-8,13,15H,3-4,9-12H2,1-2H3,(H,23,25). The van der Waals surface area contributed by atoms with Crippen LogP contribution < -0.4 is 10.1 Å². The van der Waals surface area contributed by atoms with Gasteiger partial charge in [0.05, 0.1) is 17.1 Å². The predicted octanol–water partition coefficient (Wildman–Crippen LogP) is 3.62. The lowest BCUT2D eigenvalue weighted by atomic mass is 9.97. The van der Waals surface area contributed by atoms with Crippen molar-refractivity contribution in [1.29, 1.82) is 5.26 Å². The molecule has 0 saturated carbocycles. The highest BCUT2D eigenvalue weighted by Crippen LogP contribution is 2.30. The largest absolute Gasteiger partial charge is 0.494 e. The van der Waals surface area contributed by atoms with E-state index in [9.17, 15) is 18.5 Å². The minimum atomic E-state index is -3.61. The number of aryl methyl sites for hydroxylation is 1. The Labute approximate surface area is 181 Å². The Morgan fingerprint density at radius 3 is 2.50 bits per heavy atom. The van der Waals surface area contributed by atoms with Crippen LogP contribution in [-0.4, -0.2) is 38.3 Å². The van der Waals surface area contributed by atoms with Gasteiger partial charge in [-0.3, -0.25) is 4.79 Å². The van der Waals surface area contributed by atoms with E-state index >= 15 is 0 Å². The average Bonchev–Trinajstić information content (AvgIpc) is 3.16. The summed E-state index contributed by atoms with van der Waals surface area (Å²) in [6.07, 6.45) is 1.68. The van der Waals surface area contributed by atoms with Gasteiger partial charge in [0.25, 0.3) is 0 Å². The first-order valence-corrected chi connectivity index (χ1v) is 12.2. The van der Waals surface area contributed by atoms with Gasteiger partial charge < -0.3 is 10.1 Å². The van der Waals surface area contributed by atoms with Gasteiger partial charge in [-0.2, -0.15) is 9.57 Å². The number of nitrogens with zero attached hydrogens (tertiary/aromatic N) is 2. The molecule has 1 amide bonds. The molecule has 1 aliphatic rings. The maximum Gasteiger partial charge on any atom is 0.243 e. The van der Waals surface area contributed by atoms with Crippen molar-refractivity contribution in [2.24, 2.45) is 5.92 Å². The number of hydrogen-bond donors (Lipinski definition) is 1. The van der Waals surface area contributed by atoms with Crippen molar-refractivity contribution in [3.05, 3.63) is 40.8 Å². The summed E-state index contributed by atoms with van der Waals surface area (Å²) in [5.41, 5.74) is 0.473. The van der Waals surface area contributed by atoms with Gasteiger partial charge >= 0.3 is 0 Å². The van der Waals surface area contributed by atoms with Crippen molar-refractivity contribution in [2.45, 2.75) is 38.0 Å². The molecule has 2 aromatic rings. The lowest BCUT2D eigenvalue weighted by Crippen LogP contribution is -2.41. The third-order valence-corrected chi connectivity index (χ3v) is 8.19. The summed E-state index contributed by atoms with van der Waals surface area (Å²) in [6.45, 7) is 4.95. The molecule has 1 aliphatic heterocycles. The summed E-state index contributed by atoms with van der Waals surface area (Å²) < 4.78 is 32.6. The summed E-state index contributed by atoms with van der Waals surface area (Å²) in [4.78, 5) is 13.9. The number of sulfonamides is 1. The molecular formula is C21H25N3O4S2. The van der Waals surface area contributed by atoms with E-state index in [4.69, 9.17) is 4.74 Å². The van der Waals surface area contributed by atoms with Gasteiger partial charge in [-0.1, -0.05) is 6.92 Å². The number of ether oxygens (including phenoxy) is 1. The number of amides is 1. The van der Waals surface area contributed by atoms with Crippen LogP contribution in [0.5, 0.6) is 5.75 Å². The van der Waals surface area contributed by atoms with Crippen LogP contribution in [0.25, 0.3) is 0 Å². The Morgan fingerprint density at radius 1 is 1.27 bits per heavy atom. The molecular weight excluding hydrogens is 422 g/mol. The predicted molar refractivity (Wildman–Crippen MR) is 116 cm³/mol. The van der Waals surface area contributed by atoms with E-state index in [0.29, 0.717) is 35.8 Å². The van der Waals surface area contributed by atoms with Crippen LogP contribution in [0.15, 0.2) is 35.2 Å². The molecule has 2 heterocycles. The molecule has 0 aliphatic carbocycles. The lowest BCUT2D eigenvalue weighted by Gasteiger charge is -2.30. The molecule has 1 fully saturated rings. The molecule has 1 aromatic carbocycles. The lowest BCUT2D eigenvalue weighted by molar-refractivity contribution is -0.120. The number of carbonyl (C=O) groups is 1. The summed E-state index contributed by atoms with van der Waals surface area (Å²) in [5.74, 6) is 0.188. The van der Waals surface area contributed by atoms with Crippen molar-refractivity contribution in [1.82, 2.24) is 4.31 Å². The number of nitriles is 1. The van der Waals surface area contributed by atoms with Crippen LogP contribution in [-0.2, 0) is 21.2 Å². The molecule has 3 rings (SSSR count). The van der Waals surface area contributed by atoms with Gasteiger partial charge in [-0.15, -0.1) is 11.3 Å². The maximum absolute atomic E-state index is 12.9. The molecule has 1 aromatic heterocycles. The van der Waals surface area contributed by atoms with E-state index < -0.39 is 10.0 Å². The van der Waals surface area contributed by atoms with E-state index in [2.05, 4.69) is 11.4 Å². The second kappa shape index (κ2) is 9.60. The van der Waals surface area contributed by atoms with E-state index in [1.54, 1.807) is 30.3 Å². The number of carbonyl (C=O) groups excluding carboxylic acids is 1. The summed E-state index contributed by atoms with van der Waals surface area (Å²) in [6, 6.07) is 10.3. The first kappa shape index (κ1) is 22.3. The normalized spacial score (nSPS) is 15.5. The zero-order valence-corrected chi connectivity index (χ0v) is 18.7. The number of nitrogens with one attached hydrogen (secondary N) is 1. The number of rotatable bonds is 7. The zero-order chi connectivity index (χ0) is 21.7. The van der Waals surface area contributed by atoms with Crippen molar-refractivity contribution < 1.29 is 17.9 Å². The summed E-state index contributed by atoms with van der Waals surface area (Å²) in [5, 5.41) is 12.7. The second-order valence-electron chi connectivity index (χ2n) is 6.99.